The van der Waals surface area contributed by atoms with E-state index in [1.807, 2.05) is 49.3 Å². The Labute approximate surface area is 156 Å². The van der Waals surface area contributed by atoms with Crippen LogP contribution >= 0.6 is 0 Å². The first kappa shape index (κ1) is 19.0. The Balaban J connectivity index is 1.45. The van der Waals surface area contributed by atoms with E-state index in [0.717, 1.165) is 51.3 Å². The molecule has 1 spiro atoms. The van der Waals surface area contributed by atoms with E-state index < -0.39 is 0 Å². The fourth-order valence-corrected chi connectivity index (χ4v) is 3.66. The third kappa shape index (κ3) is 4.68. The van der Waals surface area contributed by atoms with E-state index in [4.69, 9.17) is 9.47 Å². The van der Waals surface area contributed by atoms with Crippen LogP contribution in [0.4, 0.5) is 4.79 Å². The van der Waals surface area contributed by atoms with Crippen LogP contribution in [0.5, 0.6) is 5.75 Å². The number of likely N-dealkylation sites (tertiary alicyclic amines) is 1. The van der Waals surface area contributed by atoms with Gasteiger partial charge < -0.3 is 19.3 Å². The van der Waals surface area contributed by atoms with Gasteiger partial charge in [0.05, 0.1) is 6.54 Å². The lowest BCUT2D eigenvalue weighted by molar-refractivity contribution is -0.0131. The number of amides is 1. The predicted octanol–water partition coefficient (Wildman–Crippen LogP) is 2.30. The second-order valence-corrected chi connectivity index (χ2v) is 7.78. The molecular formula is C20H31N3O3. The van der Waals surface area contributed by atoms with Crippen LogP contribution in [0.3, 0.4) is 0 Å². The molecule has 6 nitrogen and oxygen atoms in total. The molecule has 0 saturated carbocycles. The zero-order chi connectivity index (χ0) is 18.6. The Morgan fingerprint density at radius 1 is 1.23 bits per heavy atom. The maximum atomic E-state index is 12.2. The van der Waals surface area contributed by atoms with Crippen molar-refractivity contribution < 1.29 is 14.3 Å². The summed E-state index contributed by atoms with van der Waals surface area (Å²) in [6, 6.07) is 10.3. The molecule has 1 amide bonds. The van der Waals surface area contributed by atoms with E-state index in [-0.39, 0.29) is 11.7 Å². The molecule has 0 N–H and O–H groups in total. The SMILES string of the molecule is C[C@@H](COc1ccccc1)N1CCC2(CC1)CN(CCN(C)C)C(=O)O2. The van der Waals surface area contributed by atoms with Gasteiger partial charge in [-0.25, -0.2) is 4.79 Å². The van der Waals surface area contributed by atoms with Gasteiger partial charge in [0.15, 0.2) is 0 Å². The lowest BCUT2D eigenvalue weighted by Crippen LogP contribution is -2.50. The molecule has 0 aliphatic carbocycles. The molecule has 2 saturated heterocycles. The highest BCUT2D eigenvalue weighted by Gasteiger charge is 2.47. The number of rotatable bonds is 7. The Bertz CT molecular complexity index is 585. The van der Waals surface area contributed by atoms with E-state index in [1.165, 1.54) is 0 Å². The fourth-order valence-electron chi connectivity index (χ4n) is 3.66. The van der Waals surface area contributed by atoms with Gasteiger partial charge >= 0.3 is 6.09 Å². The molecule has 26 heavy (non-hydrogen) atoms. The highest BCUT2D eigenvalue weighted by Crippen LogP contribution is 2.33. The van der Waals surface area contributed by atoms with Crippen molar-refractivity contribution in [2.24, 2.45) is 0 Å². The topological polar surface area (TPSA) is 45.2 Å². The minimum Gasteiger partial charge on any atom is -0.492 e. The molecular weight excluding hydrogens is 330 g/mol. The minimum atomic E-state index is -0.292. The molecule has 144 valence electrons. The van der Waals surface area contributed by atoms with Gasteiger partial charge in [-0.2, -0.15) is 0 Å². The molecule has 2 heterocycles. The van der Waals surface area contributed by atoms with Gasteiger partial charge in [-0.1, -0.05) is 18.2 Å². The van der Waals surface area contributed by atoms with E-state index in [1.54, 1.807) is 0 Å². The molecule has 3 rings (SSSR count). The number of hydrogen-bond donors (Lipinski definition) is 0. The Morgan fingerprint density at radius 3 is 2.58 bits per heavy atom. The maximum Gasteiger partial charge on any atom is 0.410 e. The zero-order valence-electron chi connectivity index (χ0n) is 16.2. The zero-order valence-corrected chi connectivity index (χ0v) is 16.2. The highest BCUT2D eigenvalue weighted by molar-refractivity contribution is 5.70. The van der Waals surface area contributed by atoms with Gasteiger partial charge in [-0.3, -0.25) is 4.90 Å². The summed E-state index contributed by atoms with van der Waals surface area (Å²) >= 11 is 0. The van der Waals surface area contributed by atoms with Crippen molar-refractivity contribution >= 4 is 6.09 Å². The number of ether oxygens (including phenoxy) is 2. The van der Waals surface area contributed by atoms with Crippen molar-refractivity contribution in [1.29, 1.82) is 0 Å². The van der Waals surface area contributed by atoms with Crippen LogP contribution in [-0.2, 0) is 4.74 Å². The molecule has 2 aliphatic rings. The smallest absolute Gasteiger partial charge is 0.410 e. The summed E-state index contributed by atoms with van der Waals surface area (Å²) in [6.45, 7) is 7.07. The molecule has 1 atom stereocenters. The number of piperidine rings is 1. The number of nitrogens with zero attached hydrogens (tertiary/aromatic N) is 3. The quantitative estimate of drug-likeness (QED) is 0.746. The summed E-state index contributed by atoms with van der Waals surface area (Å²) in [7, 11) is 4.04. The Morgan fingerprint density at radius 2 is 1.92 bits per heavy atom. The second-order valence-electron chi connectivity index (χ2n) is 7.78. The van der Waals surface area contributed by atoms with Gasteiger partial charge in [0, 0.05) is 45.1 Å². The third-order valence-electron chi connectivity index (χ3n) is 5.43. The summed E-state index contributed by atoms with van der Waals surface area (Å²) < 4.78 is 11.7. The van der Waals surface area contributed by atoms with Crippen LogP contribution in [0, 0.1) is 0 Å². The van der Waals surface area contributed by atoms with Gasteiger partial charge in [0.25, 0.3) is 0 Å². The van der Waals surface area contributed by atoms with Gasteiger partial charge in [-0.05, 0) is 33.2 Å². The first-order valence-electron chi connectivity index (χ1n) is 9.52. The van der Waals surface area contributed by atoms with E-state index >= 15 is 0 Å². The maximum absolute atomic E-state index is 12.2. The predicted molar refractivity (Wildman–Crippen MR) is 102 cm³/mol. The summed E-state index contributed by atoms with van der Waals surface area (Å²) in [4.78, 5) is 18.6. The number of hydrogen-bond acceptors (Lipinski definition) is 5. The molecule has 0 unspecified atom stereocenters. The van der Waals surface area contributed by atoms with Gasteiger partial charge in [-0.15, -0.1) is 0 Å². The third-order valence-corrected chi connectivity index (χ3v) is 5.43. The fraction of sp³-hybridized carbons (Fsp3) is 0.650. The van der Waals surface area contributed by atoms with E-state index in [0.29, 0.717) is 12.6 Å². The number of carbonyl (C=O) groups excluding carboxylic acids is 1. The molecule has 1 aromatic carbocycles. The normalized spacial score (nSPS) is 21.2. The molecule has 0 radical (unpaired) electrons. The highest BCUT2D eigenvalue weighted by atomic mass is 16.6. The van der Waals surface area contributed by atoms with Crippen molar-refractivity contribution in [3.63, 3.8) is 0 Å². The lowest BCUT2D eigenvalue weighted by atomic mass is 9.90. The number of likely N-dealkylation sites (N-methyl/N-ethyl adjacent to an activating group) is 1. The largest absolute Gasteiger partial charge is 0.492 e. The molecule has 2 aliphatic heterocycles. The van der Waals surface area contributed by atoms with Crippen molar-refractivity contribution in [3.05, 3.63) is 30.3 Å². The average molecular weight is 361 g/mol. The summed E-state index contributed by atoms with van der Waals surface area (Å²) in [5.41, 5.74) is -0.292. The molecule has 2 fully saturated rings. The average Bonchev–Trinajstić information content (AvgIpc) is 2.94. The van der Waals surface area contributed by atoms with Gasteiger partial charge in [0.1, 0.15) is 18.0 Å². The van der Waals surface area contributed by atoms with Crippen molar-refractivity contribution in [2.45, 2.75) is 31.4 Å². The van der Waals surface area contributed by atoms with Crippen LogP contribution in [0.1, 0.15) is 19.8 Å². The van der Waals surface area contributed by atoms with Crippen LogP contribution in [0.25, 0.3) is 0 Å². The second kappa shape index (κ2) is 8.27. The van der Waals surface area contributed by atoms with Crippen molar-refractivity contribution in [1.82, 2.24) is 14.7 Å². The lowest BCUT2D eigenvalue weighted by Gasteiger charge is -2.40. The number of benzene rings is 1. The van der Waals surface area contributed by atoms with Gasteiger partial charge in [0.2, 0.25) is 0 Å². The molecule has 1 aromatic rings. The monoisotopic (exact) mass is 361 g/mol. The molecule has 6 heteroatoms. The Kier molecular flexibility index (Phi) is 6.04. The van der Waals surface area contributed by atoms with Crippen molar-refractivity contribution in [2.75, 3.05) is 53.4 Å². The van der Waals surface area contributed by atoms with Crippen LogP contribution in [0.15, 0.2) is 30.3 Å². The number of carbonyl (C=O) groups is 1. The van der Waals surface area contributed by atoms with Crippen LogP contribution < -0.4 is 4.74 Å². The van der Waals surface area contributed by atoms with Crippen molar-refractivity contribution in [3.8, 4) is 5.75 Å². The standard InChI is InChI=1S/C20H31N3O3/c1-17(15-25-18-7-5-4-6-8-18)22-11-9-20(10-12-22)16-23(19(24)26-20)14-13-21(2)3/h4-8,17H,9-16H2,1-3H3/t17-/m0/s1. The minimum absolute atomic E-state index is 0.152. The summed E-state index contributed by atoms with van der Waals surface area (Å²) in [5.74, 6) is 0.911. The van der Waals surface area contributed by atoms with E-state index in [2.05, 4.69) is 16.7 Å². The molecule has 0 bridgehead atoms. The first-order valence-corrected chi connectivity index (χ1v) is 9.52. The molecule has 0 aromatic heterocycles. The Hall–Kier alpha value is -1.79. The van der Waals surface area contributed by atoms with Crippen LogP contribution in [-0.4, -0.2) is 85.9 Å². The number of para-hydroxylation sites is 1. The summed E-state index contributed by atoms with van der Waals surface area (Å²) in [6.07, 6.45) is 1.64. The van der Waals surface area contributed by atoms with E-state index in [9.17, 15) is 4.79 Å². The summed E-state index contributed by atoms with van der Waals surface area (Å²) in [5, 5.41) is 0. The van der Waals surface area contributed by atoms with Crippen LogP contribution in [0.2, 0.25) is 0 Å². The first-order chi connectivity index (χ1) is 12.5.